The number of likely N-dealkylation sites (N-methyl/N-ethyl adjacent to an activating group) is 1. The summed E-state index contributed by atoms with van der Waals surface area (Å²) in [6.45, 7) is 6.36. The minimum Gasteiger partial charge on any atom is -0.472 e. The fourth-order valence-electron chi connectivity index (χ4n) is 6.06. The average molecular weight is 562 g/mol. The molecule has 0 aliphatic carbocycles. The van der Waals surface area contributed by atoms with Crippen molar-refractivity contribution in [2.75, 3.05) is 51.2 Å². The Labute approximate surface area is 248 Å². The number of carbonyl (C=O) groups is 1. The molecule has 1 aliphatic heterocycles. The maximum atomic E-state index is 13.1. The lowest BCUT2D eigenvalue weighted by molar-refractivity contribution is 0.0782. The quantitative estimate of drug-likeness (QED) is 0.205. The summed E-state index contributed by atoms with van der Waals surface area (Å²) in [7, 11) is 1.92. The van der Waals surface area contributed by atoms with Crippen molar-refractivity contribution in [3.63, 3.8) is 0 Å². The van der Waals surface area contributed by atoms with Gasteiger partial charge in [0.2, 0.25) is 5.95 Å². The smallest absolute Gasteiger partial charge is 0.253 e. The van der Waals surface area contributed by atoms with Crippen molar-refractivity contribution in [1.29, 1.82) is 0 Å². The van der Waals surface area contributed by atoms with Crippen molar-refractivity contribution in [1.82, 2.24) is 19.4 Å². The molecule has 6 rings (SSSR count). The van der Waals surface area contributed by atoms with Gasteiger partial charge in [0, 0.05) is 50.3 Å². The Bertz CT molecular complexity index is 1570. The standard InChI is InChI=1S/C35H39N5O2/c1-37(34(41)30-13-6-3-7-14-30)26-31(29-11-4-2-5-12-29)17-21-38-19-10-20-39(23-22-38)35-36-32-15-8-9-16-33(32)40(35)25-28-18-24-42-27-28/h2-9,11-16,18,24,27,31H,10,17,19-23,25-26H2,1H3. The van der Waals surface area contributed by atoms with Crippen LogP contribution in [0, 0.1) is 0 Å². The Balaban J connectivity index is 1.13. The van der Waals surface area contributed by atoms with E-state index >= 15 is 0 Å². The lowest BCUT2D eigenvalue weighted by Crippen LogP contribution is -2.35. The molecular formula is C35H39N5O2. The number of nitrogens with zero attached hydrogens (tertiary/aromatic N) is 5. The molecule has 7 heteroatoms. The van der Waals surface area contributed by atoms with Gasteiger partial charge in [-0.2, -0.15) is 0 Å². The molecule has 0 bridgehead atoms. The predicted octanol–water partition coefficient (Wildman–Crippen LogP) is 6.14. The van der Waals surface area contributed by atoms with Gasteiger partial charge >= 0.3 is 0 Å². The van der Waals surface area contributed by atoms with Crippen molar-refractivity contribution in [3.05, 3.63) is 120 Å². The highest BCUT2D eigenvalue weighted by Crippen LogP contribution is 2.26. The maximum Gasteiger partial charge on any atom is 0.253 e. The van der Waals surface area contributed by atoms with E-state index in [9.17, 15) is 4.79 Å². The lowest BCUT2D eigenvalue weighted by atomic mass is 9.94. The highest BCUT2D eigenvalue weighted by Gasteiger charge is 2.23. The van der Waals surface area contributed by atoms with Crippen LogP contribution in [0.4, 0.5) is 5.95 Å². The highest BCUT2D eigenvalue weighted by molar-refractivity contribution is 5.94. The van der Waals surface area contributed by atoms with Gasteiger partial charge in [-0.1, -0.05) is 60.7 Å². The van der Waals surface area contributed by atoms with Crippen LogP contribution < -0.4 is 4.90 Å². The molecule has 0 N–H and O–H groups in total. The zero-order valence-corrected chi connectivity index (χ0v) is 24.3. The van der Waals surface area contributed by atoms with Crippen LogP contribution in [0.2, 0.25) is 0 Å². The molecule has 0 saturated carbocycles. The molecule has 1 amide bonds. The van der Waals surface area contributed by atoms with E-state index in [2.05, 4.69) is 69.0 Å². The molecule has 7 nitrogen and oxygen atoms in total. The van der Waals surface area contributed by atoms with Crippen LogP contribution in [0.1, 0.15) is 40.2 Å². The fraction of sp³-hybridized carbons (Fsp3) is 0.314. The summed E-state index contributed by atoms with van der Waals surface area (Å²) >= 11 is 0. The lowest BCUT2D eigenvalue weighted by Gasteiger charge is -2.28. The molecule has 42 heavy (non-hydrogen) atoms. The molecule has 0 spiro atoms. The summed E-state index contributed by atoms with van der Waals surface area (Å²) in [6.07, 6.45) is 5.62. The Morgan fingerprint density at radius 1 is 0.905 bits per heavy atom. The van der Waals surface area contributed by atoms with E-state index < -0.39 is 0 Å². The van der Waals surface area contributed by atoms with Crippen LogP contribution in [0.25, 0.3) is 11.0 Å². The first-order valence-electron chi connectivity index (χ1n) is 14.9. The minimum atomic E-state index is 0.0697. The first-order valence-corrected chi connectivity index (χ1v) is 14.9. The predicted molar refractivity (Wildman–Crippen MR) is 168 cm³/mol. The number of amides is 1. The monoisotopic (exact) mass is 561 g/mol. The Morgan fingerprint density at radius 2 is 1.67 bits per heavy atom. The van der Waals surface area contributed by atoms with Crippen LogP contribution in [0.5, 0.6) is 0 Å². The second kappa shape index (κ2) is 13.1. The second-order valence-corrected chi connectivity index (χ2v) is 11.2. The van der Waals surface area contributed by atoms with E-state index in [0.29, 0.717) is 6.54 Å². The second-order valence-electron chi connectivity index (χ2n) is 11.2. The van der Waals surface area contributed by atoms with Gasteiger partial charge in [-0.05, 0) is 61.8 Å². The Morgan fingerprint density at radius 3 is 2.45 bits per heavy atom. The van der Waals surface area contributed by atoms with E-state index in [4.69, 9.17) is 9.40 Å². The van der Waals surface area contributed by atoms with Gasteiger partial charge in [0.25, 0.3) is 5.91 Å². The Hall–Kier alpha value is -4.36. The molecule has 3 aromatic carbocycles. The largest absolute Gasteiger partial charge is 0.472 e. The molecule has 3 heterocycles. The van der Waals surface area contributed by atoms with Gasteiger partial charge in [0.05, 0.1) is 30.1 Å². The van der Waals surface area contributed by atoms with Gasteiger partial charge in [0.15, 0.2) is 0 Å². The highest BCUT2D eigenvalue weighted by atomic mass is 16.3. The number of imidazole rings is 1. The normalized spacial score (nSPS) is 15.0. The molecule has 1 atom stereocenters. The number of hydrogen-bond acceptors (Lipinski definition) is 5. The third-order valence-corrected chi connectivity index (χ3v) is 8.35. The Kier molecular flexibility index (Phi) is 8.66. The van der Waals surface area contributed by atoms with Crippen molar-refractivity contribution in [2.24, 2.45) is 0 Å². The van der Waals surface area contributed by atoms with Crippen molar-refractivity contribution in [2.45, 2.75) is 25.3 Å². The summed E-state index contributed by atoms with van der Waals surface area (Å²) < 4.78 is 7.68. The topological polar surface area (TPSA) is 57.8 Å². The molecule has 1 unspecified atom stereocenters. The number of carbonyl (C=O) groups excluding carboxylic acids is 1. The van der Waals surface area contributed by atoms with Crippen molar-refractivity contribution < 1.29 is 9.21 Å². The molecule has 5 aromatic rings. The average Bonchev–Trinajstić information content (AvgIpc) is 3.62. The summed E-state index contributed by atoms with van der Waals surface area (Å²) in [4.78, 5) is 25.1. The number of rotatable bonds is 10. The van der Waals surface area contributed by atoms with Gasteiger partial charge in [-0.3, -0.25) is 4.79 Å². The number of anilines is 1. The van der Waals surface area contributed by atoms with Gasteiger partial charge < -0.3 is 23.7 Å². The fourth-order valence-corrected chi connectivity index (χ4v) is 6.06. The van der Waals surface area contributed by atoms with Gasteiger partial charge in [-0.15, -0.1) is 0 Å². The summed E-state index contributed by atoms with van der Waals surface area (Å²) in [5, 5.41) is 0. The molecule has 1 saturated heterocycles. The molecule has 216 valence electrons. The van der Waals surface area contributed by atoms with Crippen LogP contribution in [0.3, 0.4) is 0 Å². The number of para-hydroxylation sites is 2. The summed E-state index contributed by atoms with van der Waals surface area (Å²) in [5.41, 5.74) is 5.33. The molecule has 0 radical (unpaired) electrons. The number of aromatic nitrogens is 2. The van der Waals surface area contributed by atoms with E-state index in [1.807, 2.05) is 54.6 Å². The number of fused-ring (bicyclic) bond motifs is 1. The SMILES string of the molecule is CN(CC(CCN1CCCN(c2nc3ccccc3n2Cc2ccoc2)CC1)c1ccccc1)C(=O)c1ccccc1. The van der Waals surface area contributed by atoms with E-state index in [1.54, 1.807) is 6.26 Å². The third-order valence-electron chi connectivity index (χ3n) is 8.35. The molecular weight excluding hydrogens is 522 g/mol. The van der Waals surface area contributed by atoms with Gasteiger partial charge in [0.1, 0.15) is 0 Å². The summed E-state index contributed by atoms with van der Waals surface area (Å²) in [5.74, 6) is 1.37. The third kappa shape index (κ3) is 6.42. The van der Waals surface area contributed by atoms with Crippen LogP contribution in [-0.4, -0.2) is 71.6 Å². The van der Waals surface area contributed by atoms with Crippen LogP contribution in [-0.2, 0) is 6.54 Å². The molecule has 1 aliphatic rings. The molecule has 1 fully saturated rings. The number of hydrogen-bond donors (Lipinski definition) is 0. The van der Waals surface area contributed by atoms with Crippen LogP contribution >= 0.6 is 0 Å². The number of furan rings is 1. The van der Waals surface area contributed by atoms with Crippen molar-refractivity contribution >= 4 is 22.9 Å². The van der Waals surface area contributed by atoms with E-state index in [0.717, 1.165) is 80.2 Å². The zero-order chi connectivity index (χ0) is 28.7. The first kappa shape index (κ1) is 27.8. The van der Waals surface area contributed by atoms with Crippen molar-refractivity contribution in [3.8, 4) is 0 Å². The number of benzene rings is 3. The van der Waals surface area contributed by atoms with E-state index in [1.165, 1.54) is 5.56 Å². The van der Waals surface area contributed by atoms with E-state index in [-0.39, 0.29) is 11.8 Å². The van der Waals surface area contributed by atoms with Crippen LogP contribution in [0.15, 0.2) is 108 Å². The summed E-state index contributed by atoms with van der Waals surface area (Å²) in [6, 6.07) is 30.6. The molecule has 2 aromatic heterocycles. The zero-order valence-electron chi connectivity index (χ0n) is 24.3. The maximum absolute atomic E-state index is 13.1. The first-order chi connectivity index (χ1) is 20.7. The minimum absolute atomic E-state index is 0.0697. The van der Waals surface area contributed by atoms with Gasteiger partial charge in [-0.25, -0.2) is 4.98 Å².